The van der Waals surface area contributed by atoms with Crippen LogP contribution in [-0.4, -0.2) is 12.5 Å². The van der Waals surface area contributed by atoms with Crippen LogP contribution in [0, 0.1) is 0 Å². The van der Waals surface area contributed by atoms with Crippen molar-refractivity contribution < 1.29 is 4.79 Å². The molecule has 1 aromatic heterocycles. The minimum absolute atomic E-state index is 0.709. The van der Waals surface area contributed by atoms with Gasteiger partial charge < -0.3 is 0 Å². The van der Waals surface area contributed by atoms with E-state index in [4.69, 9.17) is 11.6 Å². The Morgan fingerprint density at radius 3 is 2.93 bits per heavy atom. The average molecular weight is 243 g/mol. The number of hydrogen-bond donors (Lipinski definition) is 0. The Kier molecular flexibility index (Phi) is 2.81. The smallest absolute Gasteiger partial charge is 0.150 e. The molecule has 2 rings (SSSR count). The van der Waals surface area contributed by atoms with Crippen molar-refractivity contribution in [3.63, 3.8) is 0 Å². The third kappa shape index (κ3) is 1.56. The van der Waals surface area contributed by atoms with E-state index >= 15 is 0 Å². The summed E-state index contributed by atoms with van der Waals surface area (Å²) in [6, 6.07) is 5.54. The number of benzene rings is 1. The molecule has 0 N–H and O–H groups in total. The standard InChI is InChI=1S/C10H7ClOS2/c1-13-9-4-7-6(5-12)2-3-8(11)10(7)14-9/h2-5H,1H3. The molecule has 0 aliphatic heterocycles. The number of hydrogen-bond acceptors (Lipinski definition) is 3. The summed E-state index contributed by atoms with van der Waals surface area (Å²) < 4.78 is 2.18. The van der Waals surface area contributed by atoms with Crippen LogP contribution in [-0.2, 0) is 0 Å². The lowest BCUT2D eigenvalue weighted by molar-refractivity contribution is 0.112. The van der Waals surface area contributed by atoms with E-state index in [-0.39, 0.29) is 0 Å². The normalized spacial score (nSPS) is 10.7. The Morgan fingerprint density at radius 1 is 1.50 bits per heavy atom. The average Bonchev–Trinajstić information content (AvgIpc) is 2.63. The molecule has 1 nitrogen and oxygen atoms in total. The van der Waals surface area contributed by atoms with E-state index in [2.05, 4.69) is 0 Å². The lowest BCUT2D eigenvalue weighted by atomic mass is 10.1. The van der Waals surface area contributed by atoms with Gasteiger partial charge in [-0.2, -0.15) is 0 Å². The molecule has 1 aromatic carbocycles. The maximum absolute atomic E-state index is 10.8. The first-order valence-corrected chi connectivity index (χ1v) is 6.39. The van der Waals surface area contributed by atoms with E-state index in [0.29, 0.717) is 5.56 Å². The molecule has 0 bridgehead atoms. The molecule has 0 amide bonds. The van der Waals surface area contributed by atoms with Gasteiger partial charge in [-0.15, -0.1) is 23.1 Å². The fourth-order valence-electron chi connectivity index (χ4n) is 1.29. The molecule has 1 heterocycles. The van der Waals surface area contributed by atoms with Crippen LogP contribution in [0.25, 0.3) is 10.1 Å². The van der Waals surface area contributed by atoms with E-state index in [1.807, 2.05) is 12.3 Å². The van der Waals surface area contributed by atoms with Crippen LogP contribution in [0.2, 0.25) is 5.02 Å². The lowest BCUT2D eigenvalue weighted by Gasteiger charge is -1.95. The highest BCUT2D eigenvalue weighted by Crippen LogP contribution is 2.37. The number of aldehydes is 1. The summed E-state index contributed by atoms with van der Waals surface area (Å²) in [4.78, 5) is 10.8. The summed E-state index contributed by atoms with van der Waals surface area (Å²) in [5.74, 6) is 0. The topological polar surface area (TPSA) is 17.1 Å². The zero-order valence-corrected chi connectivity index (χ0v) is 9.80. The zero-order chi connectivity index (χ0) is 10.1. The molecule has 72 valence electrons. The lowest BCUT2D eigenvalue weighted by Crippen LogP contribution is -1.79. The van der Waals surface area contributed by atoms with Crippen molar-refractivity contribution in [1.82, 2.24) is 0 Å². The Morgan fingerprint density at radius 2 is 2.29 bits per heavy atom. The van der Waals surface area contributed by atoms with Crippen LogP contribution >= 0.6 is 34.7 Å². The van der Waals surface area contributed by atoms with Crippen molar-refractivity contribution in [1.29, 1.82) is 0 Å². The fourth-order valence-corrected chi connectivity index (χ4v) is 3.22. The molecule has 0 unspecified atom stereocenters. The number of carbonyl (C=O) groups excluding carboxylic acids is 1. The van der Waals surface area contributed by atoms with Crippen molar-refractivity contribution in [3.05, 3.63) is 28.8 Å². The van der Waals surface area contributed by atoms with Crippen LogP contribution in [0.5, 0.6) is 0 Å². The molecule has 0 fully saturated rings. The second kappa shape index (κ2) is 3.93. The number of halogens is 1. The Labute approximate surface area is 95.1 Å². The van der Waals surface area contributed by atoms with Gasteiger partial charge in [0.15, 0.2) is 6.29 Å². The van der Waals surface area contributed by atoms with E-state index in [1.54, 1.807) is 35.2 Å². The van der Waals surface area contributed by atoms with Crippen LogP contribution in [0.15, 0.2) is 22.4 Å². The second-order valence-electron chi connectivity index (χ2n) is 2.77. The highest BCUT2D eigenvalue weighted by Gasteiger charge is 2.08. The Bertz CT molecular complexity index is 490. The Hall–Kier alpha value is -0.510. The predicted molar refractivity (Wildman–Crippen MR) is 64.0 cm³/mol. The summed E-state index contributed by atoms with van der Waals surface area (Å²) >= 11 is 9.33. The van der Waals surface area contributed by atoms with Gasteiger partial charge in [0.25, 0.3) is 0 Å². The van der Waals surface area contributed by atoms with Gasteiger partial charge in [-0.3, -0.25) is 4.79 Å². The molecule has 0 saturated heterocycles. The zero-order valence-electron chi connectivity index (χ0n) is 7.41. The number of thiophene rings is 1. The highest BCUT2D eigenvalue weighted by molar-refractivity contribution is 8.00. The van der Waals surface area contributed by atoms with Crippen molar-refractivity contribution in [2.24, 2.45) is 0 Å². The van der Waals surface area contributed by atoms with Gasteiger partial charge in [0, 0.05) is 10.9 Å². The molecule has 0 aliphatic rings. The molecule has 14 heavy (non-hydrogen) atoms. The van der Waals surface area contributed by atoms with E-state index < -0.39 is 0 Å². The van der Waals surface area contributed by atoms with Crippen molar-refractivity contribution in [2.45, 2.75) is 4.21 Å². The summed E-state index contributed by atoms with van der Waals surface area (Å²) in [6.45, 7) is 0. The van der Waals surface area contributed by atoms with Crippen LogP contribution in [0.4, 0.5) is 0 Å². The van der Waals surface area contributed by atoms with Gasteiger partial charge in [0.05, 0.1) is 13.9 Å². The first-order valence-electron chi connectivity index (χ1n) is 3.97. The number of thioether (sulfide) groups is 1. The Balaban J connectivity index is 2.81. The van der Waals surface area contributed by atoms with Crippen molar-refractivity contribution in [3.8, 4) is 0 Å². The van der Waals surface area contributed by atoms with Crippen LogP contribution in [0.3, 0.4) is 0 Å². The molecular weight excluding hydrogens is 236 g/mol. The first-order chi connectivity index (χ1) is 6.76. The largest absolute Gasteiger partial charge is 0.298 e. The SMILES string of the molecule is CSc1cc2c(C=O)ccc(Cl)c2s1. The highest BCUT2D eigenvalue weighted by atomic mass is 35.5. The molecule has 0 spiro atoms. The van der Waals surface area contributed by atoms with Gasteiger partial charge in [-0.1, -0.05) is 11.6 Å². The third-order valence-corrected chi connectivity index (χ3v) is 4.63. The van der Waals surface area contributed by atoms with Gasteiger partial charge >= 0.3 is 0 Å². The first kappa shape index (κ1) is 10.0. The number of fused-ring (bicyclic) bond motifs is 1. The monoisotopic (exact) mass is 242 g/mol. The van der Waals surface area contributed by atoms with E-state index in [0.717, 1.165) is 21.4 Å². The second-order valence-corrected chi connectivity index (χ2v) is 5.33. The number of carbonyl (C=O) groups is 1. The molecule has 0 atom stereocenters. The molecule has 2 aromatic rings. The summed E-state index contributed by atoms with van der Waals surface area (Å²) in [6.07, 6.45) is 2.88. The van der Waals surface area contributed by atoms with Crippen molar-refractivity contribution >= 4 is 51.1 Å². The quantitative estimate of drug-likeness (QED) is 0.583. The van der Waals surface area contributed by atoms with Gasteiger partial charge in [0.1, 0.15) is 0 Å². The third-order valence-electron chi connectivity index (χ3n) is 1.97. The minimum atomic E-state index is 0.709. The predicted octanol–water partition coefficient (Wildman–Crippen LogP) is 4.09. The maximum atomic E-state index is 10.8. The van der Waals surface area contributed by atoms with Crippen LogP contribution in [0.1, 0.15) is 10.4 Å². The van der Waals surface area contributed by atoms with Crippen LogP contribution < -0.4 is 0 Å². The van der Waals surface area contributed by atoms with Gasteiger partial charge in [0.2, 0.25) is 0 Å². The molecule has 0 radical (unpaired) electrons. The molecule has 0 aliphatic carbocycles. The minimum Gasteiger partial charge on any atom is -0.298 e. The summed E-state index contributed by atoms with van der Waals surface area (Å²) in [7, 11) is 0. The van der Waals surface area contributed by atoms with E-state index in [9.17, 15) is 4.79 Å². The fraction of sp³-hybridized carbons (Fsp3) is 0.100. The molecular formula is C10H7ClOS2. The molecule has 0 saturated carbocycles. The van der Waals surface area contributed by atoms with Gasteiger partial charge in [-0.25, -0.2) is 0 Å². The summed E-state index contributed by atoms with van der Waals surface area (Å²) in [5.41, 5.74) is 0.709. The molecule has 4 heteroatoms. The van der Waals surface area contributed by atoms with Gasteiger partial charge in [-0.05, 0) is 24.5 Å². The van der Waals surface area contributed by atoms with E-state index in [1.165, 1.54) is 4.21 Å². The van der Waals surface area contributed by atoms with Crippen molar-refractivity contribution in [2.75, 3.05) is 6.26 Å². The summed E-state index contributed by atoms with van der Waals surface area (Å²) in [5, 5.41) is 1.68. The maximum Gasteiger partial charge on any atom is 0.150 e. The number of rotatable bonds is 2.